The van der Waals surface area contributed by atoms with Gasteiger partial charge in [-0.3, -0.25) is 0 Å². The van der Waals surface area contributed by atoms with Gasteiger partial charge < -0.3 is 5.73 Å². The first-order valence-corrected chi connectivity index (χ1v) is 5.67. The molecule has 0 unspecified atom stereocenters. The normalized spacial score (nSPS) is 9.62. The highest BCUT2D eigenvalue weighted by Gasteiger charge is 2.00. The Balaban J connectivity index is 0.00000112. The number of fused-ring (bicyclic) bond motifs is 1. The molecule has 0 spiro atoms. The second-order valence-corrected chi connectivity index (χ2v) is 4.66. The van der Waals surface area contributed by atoms with Crippen LogP contribution in [-0.4, -0.2) is 11.5 Å². The molecule has 0 amide bonds. The molecule has 2 aromatic rings. The third-order valence-corrected chi connectivity index (χ3v) is 3.16. The van der Waals surface area contributed by atoms with Gasteiger partial charge in [-0.2, -0.15) is 0 Å². The van der Waals surface area contributed by atoms with Crippen molar-refractivity contribution in [1.29, 1.82) is 0 Å². The van der Waals surface area contributed by atoms with Gasteiger partial charge in [0, 0.05) is 0 Å². The van der Waals surface area contributed by atoms with Gasteiger partial charge in [0.2, 0.25) is 0 Å². The standard InChI is InChI=1S/C11H14N2S.2ClH/c1-8-13-10-5-4-9(3-2-6-12)7-11(10)14-8;;/h4-5,7H,2-3,6,12H2,1H3;2*1H. The molecule has 2 nitrogen and oxygen atoms in total. The molecule has 0 radical (unpaired) electrons. The van der Waals surface area contributed by atoms with Crippen molar-refractivity contribution in [1.82, 2.24) is 4.98 Å². The average Bonchev–Trinajstić information content (AvgIpc) is 2.54. The quantitative estimate of drug-likeness (QED) is 0.935. The molecule has 0 bridgehead atoms. The number of rotatable bonds is 3. The molecule has 2 rings (SSSR count). The lowest BCUT2D eigenvalue weighted by molar-refractivity contribution is 0.833. The first-order chi connectivity index (χ1) is 6.79. The lowest BCUT2D eigenvalue weighted by Crippen LogP contribution is -1.99. The van der Waals surface area contributed by atoms with E-state index in [1.165, 1.54) is 10.3 Å². The SMILES string of the molecule is Cc1nc2ccc(CCCN)cc2s1.Cl.Cl. The Hall–Kier alpha value is -0.350. The van der Waals surface area contributed by atoms with Crippen LogP contribution < -0.4 is 5.73 Å². The molecule has 90 valence electrons. The predicted octanol–water partition coefficient (Wildman–Crippen LogP) is 3.34. The molecule has 0 saturated carbocycles. The second-order valence-electron chi connectivity index (χ2n) is 3.43. The van der Waals surface area contributed by atoms with E-state index in [-0.39, 0.29) is 24.8 Å². The van der Waals surface area contributed by atoms with Crippen LogP contribution in [0, 0.1) is 6.92 Å². The number of thiazole rings is 1. The number of benzene rings is 1. The van der Waals surface area contributed by atoms with E-state index in [4.69, 9.17) is 5.73 Å². The molecule has 2 N–H and O–H groups in total. The van der Waals surface area contributed by atoms with E-state index in [1.807, 2.05) is 6.92 Å². The summed E-state index contributed by atoms with van der Waals surface area (Å²) in [6, 6.07) is 6.48. The predicted molar refractivity (Wildman–Crippen MR) is 76.2 cm³/mol. The summed E-state index contributed by atoms with van der Waals surface area (Å²) in [6.07, 6.45) is 2.13. The third kappa shape index (κ3) is 3.59. The Morgan fingerprint density at radius 1 is 1.31 bits per heavy atom. The number of nitrogens with zero attached hydrogens (tertiary/aromatic N) is 1. The van der Waals surface area contributed by atoms with Gasteiger partial charge in [0.1, 0.15) is 0 Å². The Bertz CT molecular complexity index is 442. The van der Waals surface area contributed by atoms with Gasteiger partial charge in [0.15, 0.2) is 0 Å². The highest BCUT2D eigenvalue weighted by molar-refractivity contribution is 7.18. The van der Waals surface area contributed by atoms with Crippen molar-refractivity contribution in [2.75, 3.05) is 6.54 Å². The molecular weight excluding hydrogens is 263 g/mol. The van der Waals surface area contributed by atoms with Crippen molar-refractivity contribution in [3.05, 3.63) is 28.8 Å². The Morgan fingerprint density at radius 2 is 2.06 bits per heavy atom. The van der Waals surface area contributed by atoms with Gasteiger partial charge >= 0.3 is 0 Å². The summed E-state index contributed by atoms with van der Waals surface area (Å²) in [5.74, 6) is 0. The van der Waals surface area contributed by atoms with Gasteiger partial charge in [-0.15, -0.1) is 36.2 Å². The molecule has 5 heteroatoms. The smallest absolute Gasteiger partial charge is 0.0907 e. The van der Waals surface area contributed by atoms with Crippen molar-refractivity contribution >= 4 is 46.4 Å². The molecule has 0 aliphatic rings. The highest BCUT2D eigenvalue weighted by Crippen LogP contribution is 2.22. The first kappa shape index (κ1) is 15.7. The topological polar surface area (TPSA) is 38.9 Å². The van der Waals surface area contributed by atoms with Crippen LogP contribution in [0.3, 0.4) is 0 Å². The van der Waals surface area contributed by atoms with E-state index in [2.05, 4.69) is 23.2 Å². The molecule has 0 atom stereocenters. The maximum absolute atomic E-state index is 5.48. The monoisotopic (exact) mass is 278 g/mol. The molecule has 16 heavy (non-hydrogen) atoms. The zero-order chi connectivity index (χ0) is 9.97. The molecule has 1 aromatic carbocycles. The van der Waals surface area contributed by atoms with E-state index < -0.39 is 0 Å². The Labute approximate surface area is 112 Å². The number of halogens is 2. The number of aryl methyl sites for hydroxylation is 2. The van der Waals surface area contributed by atoms with Crippen LogP contribution in [0.2, 0.25) is 0 Å². The Morgan fingerprint density at radius 3 is 2.75 bits per heavy atom. The minimum atomic E-state index is 0. The third-order valence-electron chi connectivity index (χ3n) is 2.23. The number of hydrogen-bond donors (Lipinski definition) is 1. The van der Waals surface area contributed by atoms with Crippen LogP contribution in [0.25, 0.3) is 10.2 Å². The van der Waals surface area contributed by atoms with E-state index in [0.29, 0.717) is 0 Å². The molecule has 1 aromatic heterocycles. The van der Waals surface area contributed by atoms with Gasteiger partial charge in [-0.25, -0.2) is 4.98 Å². The van der Waals surface area contributed by atoms with E-state index in [0.717, 1.165) is 29.9 Å². The maximum Gasteiger partial charge on any atom is 0.0907 e. The van der Waals surface area contributed by atoms with Gasteiger partial charge in [-0.1, -0.05) is 6.07 Å². The van der Waals surface area contributed by atoms with Gasteiger partial charge in [-0.05, 0) is 44.0 Å². The minimum Gasteiger partial charge on any atom is -0.330 e. The average molecular weight is 279 g/mol. The van der Waals surface area contributed by atoms with Crippen LogP contribution in [0.4, 0.5) is 0 Å². The molecule has 0 fully saturated rings. The van der Waals surface area contributed by atoms with Crippen molar-refractivity contribution < 1.29 is 0 Å². The van der Waals surface area contributed by atoms with Crippen LogP contribution in [0.1, 0.15) is 17.0 Å². The van der Waals surface area contributed by atoms with Gasteiger partial charge in [0.05, 0.1) is 15.2 Å². The van der Waals surface area contributed by atoms with Crippen LogP contribution >= 0.6 is 36.2 Å². The van der Waals surface area contributed by atoms with Crippen molar-refractivity contribution in [2.45, 2.75) is 19.8 Å². The maximum atomic E-state index is 5.48. The largest absolute Gasteiger partial charge is 0.330 e. The zero-order valence-corrected chi connectivity index (χ0v) is 11.6. The van der Waals surface area contributed by atoms with Crippen molar-refractivity contribution in [3.63, 3.8) is 0 Å². The molecule has 0 aliphatic carbocycles. The summed E-state index contributed by atoms with van der Waals surface area (Å²) in [7, 11) is 0. The minimum absolute atomic E-state index is 0. The van der Waals surface area contributed by atoms with Crippen molar-refractivity contribution in [3.8, 4) is 0 Å². The summed E-state index contributed by atoms with van der Waals surface area (Å²) in [4.78, 5) is 4.43. The van der Waals surface area contributed by atoms with Crippen LogP contribution in [0.15, 0.2) is 18.2 Å². The highest BCUT2D eigenvalue weighted by atomic mass is 35.5. The fourth-order valence-electron chi connectivity index (χ4n) is 1.55. The summed E-state index contributed by atoms with van der Waals surface area (Å²) in [6.45, 7) is 2.81. The fraction of sp³-hybridized carbons (Fsp3) is 0.364. The van der Waals surface area contributed by atoms with E-state index in [1.54, 1.807) is 11.3 Å². The summed E-state index contributed by atoms with van der Waals surface area (Å²) >= 11 is 1.76. The van der Waals surface area contributed by atoms with Crippen LogP contribution in [-0.2, 0) is 6.42 Å². The summed E-state index contributed by atoms with van der Waals surface area (Å²) in [5, 5.41) is 1.14. The molecule has 1 heterocycles. The fourth-order valence-corrected chi connectivity index (χ4v) is 2.44. The van der Waals surface area contributed by atoms with Gasteiger partial charge in [0.25, 0.3) is 0 Å². The molecule has 0 aliphatic heterocycles. The zero-order valence-electron chi connectivity index (χ0n) is 9.10. The Kier molecular flexibility index (Phi) is 6.91. The number of nitrogens with two attached hydrogens (primary N) is 1. The van der Waals surface area contributed by atoms with Crippen molar-refractivity contribution in [2.24, 2.45) is 5.73 Å². The first-order valence-electron chi connectivity index (χ1n) is 4.86. The van der Waals surface area contributed by atoms with E-state index >= 15 is 0 Å². The summed E-state index contributed by atoms with van der Waals surface area (Å²) < 4.78 is 1.29. The molecular formula is C11H16Cl2N2S. The number of aromatic nitrogens is 1. The van der Waals surface area contributed by atoms with E-state index in [9.17, 15) is 0 Å². The second kappa shape index (κ2) is 7.07. The lowest BCUT2D eigenvalue weighted by Gasteiger charge is -1.98. The summed E-state index contributed by atoms with van der Waals surface area (Å²) in [5.41, 5.74) is 7.97. The molecule has 0 saturated heterocycles. The van der Waals surface area contributed by atoms with Crippen LogP contribution in [0.5, 0.6) is 0 Å². The number of hydrogen-bond acceptors (Lipinski definition) is 3. The lowest BCUT2D eigenvalue weighted by atomic mass is 10.1.